The summed E-state index contributed by atoms with van der Waals surface area (Å²) in [6, 6.07) is 13.2. The number of nitrogens with zero attached hydrogens (tertiary/aromatic N) is 5. The molecule has 0 unspecified atom stereocenters. The van der Waals surface area contributed by atoms with Gasteiger partial charge in [-0.2, -0.15) is 4.52 Å². The molecule has 8 nitrogen and oxygen atoms in total. The SMILES string of the molecule is COc1ccccc1Nc1cnc2c(c1)CN(c1nn3c(=O)ccnc3cc1C)CC2. The molecule has 5 rings (SSSR count). The molecule has 0 saturated carbocycles. The number of aryl methyl sites for hydroxylation is 1. The number of nitrogens with one attached hydrogen (secondary N) is 1. The molecule has 1 aliphatic rings. The third-order valence-corrected chi connectivity index (χ3v) is 5.47. The first-order valence-corrected chi connectivity index (χ1v) is 10.1. The van der Waals surface area contributed by atoms with Crippen LogP contribution in [0.4, 0.5) is 17.2 Å². The van der Waals surface area contributed by atoms with E-state index < -0.39 is 0 Å². The Morgan fingerprint density at radius 3 is 2.87 bits per heavy atom. The van der Waals surface area contributed by atoms with Gasteiger partial charge in [-0.1, -0.05) is 12.1 Å². The van der Waals surface area contributed by atoms with Crippen LogP contribution in [0.1, 0.15) is 16.8 Å². The number of anilines is 3. The zero-order chi connectivity index (χ0) is 21.4. The normalized spacial score (nSPS) is 13.2. The number of para-hydroxylation sites is 2. The van der Waals surface area contributed by atoms with Gasteiger partial charge < -0.3 is 15.0 Å². The molecule has 1 N–H and O–H groups in total. The molecule has 1 aromatic carbocycles. The molecule has 0 fully saturated rings. The third kappa shape index (κ3) is 3.56. The van der Waals surface area contributed by atoms with E-state index in [4.69, 9.17) is 4.74 Å². The maximum Gasteiger partial charge on any atom is 0.274 e. The fourth-order valence-electron chi connectivity index (χ4n) is 3.94. The molecular weight excluding hydrogens is 392 g/mol. The summed E-state index contributed by atoms with van der Waals surface area (Å²) in [7, 11) is 1.66. The average molecular weight is 414 g/mol. The summed E-state index contributed by atoms with van der Waals surface area (Å²) < 4.78 is 6.79. The predicted molar refractivity (Wildman–Crippen MR) is 119 cm³/mol. The van der Waals surface area contributed by atoms with Crippen LogP contribution in [0.2, 0.25) is 0 Å². The molecule has 4 aromatic rings. The Kier molecular flexibility index (Phi) is 4.74. The zero-order valence-electron chi connectivity index (χ0n) is 17.4. The number of pyridine rings is 1. The monoisotopic (exact) mass is 414 g/mol. The van der Waals surface area contributed by atoms with Gasteiger partial charge in [-0.3, -0.25) is 9.78 Å². The van der Waals surface area contributed by atoms with Crippen molar-refractivity contribution in [2.24, 2.45) is 0 Å². The minimum Gasteiger partial charge on any atom is -0.495 e. The molecule has 0 spiro atoms. The van der Waals surface area contributed by atoms with Gasteiger partial charge in [-0.15, -0.1) is 5.10 Å². The van der Waals surface area contributed by atoms with Crippen LogP contribution >= 0.6 is 0 Å². The van der Waals surface area contributed by atoms with Crippen LogP contribution in [-0.4, -0.2) is 33.2 Å². The largest absolute Gasteiger partial charge is 0.495 e. The van der Waals surface area contributed by atoms with E-state index in [2.05, 4.69) is 31.3 Å². The van der Waals surface area contributed by atoms with E-state index in [-0.39, 0.29) is 5.56 Å². The summed E-state index contributed by atoms with van der Waals surface area (Å²) in [5.41, 5.74) is 5.35. The maximum absolute atomic E-state index is 12.2. The van der Waals surface area contributed by atoms with Crippen molar-refractivity contribution in [2.45, 2.75) is 19.9 Å². The van der Waals surface area contributed by atoms with Crippen LogP contribution in [0.3, 0.4) is 0 Å². The van der Waals surface area contributed by atoms with Crippen LogP contribution < -0.4 is 20.5 Å². The summed E-state index contributed by atoms with van der Waals surface area (Å²) in [5.74, 6) is 1.56. The Bertz CT molecular complexity index is 1330. The minimum absolute atomic E-state index is 0.186. The summed E-state index contributed by atoms with van der Waals surface area (Å²) >= 11 is 0. The summed E-state index contributed by atoms with van der Waals surface area (Å²) in [6.07, 6.45) is 4.18. The third-order valence-electron chi connectivity index (χ3n) is 5.47. The maximum atomic E-state index is 12.2. The second kappa shape index (κ2) is 7.71. The number of benzene rings is 1. The van der Waals surface area contributed by atoms with E-state index in [9.17, 15) is 4.79 Å². The van der Waals surface area contributed by atoms with E-state index in [1.807, 2.05) is 43.5 Å². The lowest BCUT2D eigenvalue weighted by Crippen LogP contribution is -2.33. The van der Waals surface area contributed by atoms with E-state index in [0.717, 1.165) is 52.7 Å². The summed E-state index contributed by atoms with van der Waals surface area (Å²) in [4.78, 5) is 23.3. The molecule has 156 valence electrons. The van der Waals surface area contributed by atoms with Crippen molar-refractivity contribution in [1.29, 1.82) is 0 Å². The molecule has 8 heteroatoms. The zero-order valence-corrected chi connectivity index (χ0v) is 17.4. The van der Waals surface area contributed by atoms with Crippen LogP contribution in [0, 0.1) is 6.92 Å². The average Bonchev–Trinajstić information content (AvgIpc) is 2.79. The molecule has 4 heterocycles. The summed E-state index contributed by atoms with van der Waals surface area (Å²) in [5, 5.41) is 7.99. The van der Waals surface area contributed by atoms with E-state index in [1.54, 1.807) is 7.11 Å². The Balaban J connectivity index is 1.46. The topological polar surface area (TPSA) is 84.6 Å². The van der Waals surface area contributed by atoms with Gasteiger partial charge in [-0.05, 0) is 42.3 Å². The molecule has 0 saturated heterocycles. The number of hydrogen-bond acceptors (Lipinski definition) is 7. The Morgan fingerprint density at radius 2 is 2.00 bits per heavy atom. The van der Waals surface area contributed by atoms with Gasteiger partial charge in [-0.25, -0.2) is 4.98 Å². The quantitative estimate of drug-likeness (QED) is 0.549. The molecule has 0 bridgehead atoms. The first-order valence-electron chi connectivity index (χ1n) is 10.1. The highest BCUT2D eigenvalue weighted by Crippen LogP contribution is 2.30. The number of methoxy groups -OCH3 is 1. The van der Waals surface area contributed by atoms with Crippen molar-refractivity contribution >= 4 is 22.8 Å². The van der Waals surface area contributed by atoms with Gasteiger partial charge in [0.25, 0.3) is 5.56 Å². The fraction of sp³-hybridized carbons (Fsp3) is 0.217. The first-order chi connectivity index (χ1) is 15.1. The van der Waals surface area contributed by atoms with Gasteiger partial charge in [0, 0.05) is 37.5 Å². The van der Waals surface area contributed by atoms with Crippen molar-refractivity contribution in [1.82, 2.24) is 19.6 Å². The predicted octanol–water partition coefficient (Wildman–Crippen LogP) is 3.11. The van der Waals surface area contributed by atoms with Crippen molar-refractivity contribution in [3.05, 3.63) is 82.0 Å². The highest BCUT2D eigenvalue weighted by atomic mass is 16.5. The smallest absolute Gasteiger partial charge is 0.274 e. The van der Waals surface area contributed by atoms with Gasteiger partial charge in [0.05, 0.1) is 24.7 Å². The van der Waals surface area contributed by atoms with Gasteiger partial charge in [0.2, 0.25) is 0 Å². The van der Waals surface area contributed by atoms with Crippen molar-refractivity contribution in [2.75, 3.05) is 23.9 Å². The van der Waals surface area contributed by atoms with E-state index in [1.165, 1.54) is 16.8 Å². The number of aromatic nitrogens is 4. The molecule has 1 aliphatic heterocycles. The molecule has 31 heavy (non-hydrogen) atoms. The lowest BCUT2D eigenvalue weighted by molar-refractivity contribution is 0.417. The van der Waals surface area contributed by atoms with Crippen molar-refractivity contribution in [3.8, 4) is 5.75 Å². The lowest BCUT2D eigenvalue weighted by Gasteiger charge is -2.30. The Morgan fingerprint density at radius 1 is 1.13 bits per heavy atom. The Hall–Kier alpha value is -3.94. The number of ether oxygens (including phenoxy) is 1. The fourth-order valence-corrected chi connectivity index (χ4v) is 3.94. The highest BCUT2D eigenvalue weighted by molar-refractivity contribution is 5.66. The van der Waals surface area contributed by atoms with E-state index in [0.29, 0.717) is 12.2 Å². The molecule has 3 aromatic heterocycles. The second-order valence-electron chi connectivity index (χ2n) is 7.53. The van der Waals surface area contributed by atoms with Gasteiger partial charge in [0.1, 0.15) is 5.75 Å². The molecule has 0 aliphatic carbocycles. The standard InChI is InChI=1S/C23H22N6O2/c1-15-11-21-24-9-7-22(30)29(21)27-23(15)28-10-8-18-16(14-28)12-17(13-25-18)26-19-5-3-4-6-20(19)31-2/h3-7,9,11-13,26H,8,10,14H2,1-2H3. The van der Waals surface area contributed by atoms with Crippen LogP contribution in [0.5, 0.6) is 5.75 Å². The molecular formula is C23H22N6O2. The van der Waals surface area contributed by atoms with E-state index >= 15 is 0 Å². The molecule has 0 atom stereocenters. The van der Waals surface area contributed by atoms with Crippen LogP contribution in [-0.2, 0) is 13.0 Å². The number of fused-ring (bicyclic) bond motifs is 2. The Labute approximate surface area is 179 Å². The first kappa shape index (κ1) is 19.0. The van der Waals surface area contributed by atoms with Crippen molar-refractivity contribution in [3.63, 3.8) is 0 Å². The number of hydrogen-bond donors (Lipinski definition) is 1. The van der Waals surface area contributed by atoms with Crippen LogP contribution in [0.25, 0.3) is 5.65 Å². The summed E-state index contributed by atoms with van der Waals surface area (Å²) in [6.45, 7) is 3.45. The highest BCUT2D eigenvalue weighted by Gasteiger charge is 2.21. The van der Waals surface area contributed by atoms with Gasteiger partial charge >= 0.3 is 0 Å². The van der Waals surface area contributed by atoms with Crippen molar-refractivity contribution < 1.29 is 4.74 Å². The lowest BCUT2D eigenvalue weighted by atomic mass is 10.0. The second-order valence-corrected chi connectivity index (χ2v) is 7.53. The minimum atomic E-state index is -0.186. The number of rotatable bonds is 4. The van der Waals surface area contributed by atoms with Crippen LogP contribution in [0.15, 0.2) is 59.7 Å². The van der Waals surface area contributed by atoms with Gasteiger partial charge in [0.15, 0.2) is 11.5 Å². The molecule has 0 amide bonds. The molecule has 0 radical (unpaired) electrons.